The van der Waals surface area contributed by atoms with Gasteiger partial charge in [0.25, 0.3) is 0 Å². The van der Waals surface area contributed by atoms with E-state index in [1.165, 1.54) is 10.4 Å². The van der Waals surface area contributed by atoms with Gasteiger partial charge in [0.1, 0.15) is 4.83 Å². The van der Waals surface area contributed by atoms with Gasteiger partial charge in [0.05, 0.1) is 16.2 Å². The van der Waals surface area contributed by atoms with E-state index in [9.17, 15) is 4.79 Å². The van der Waals surface area contributed by atoms with Gasteiger partial charge in [-0.3, -0.25) is 4.79 Å². The number of aromatic nitrogens is 4. The molecule has 1 amide bonds. The SMILES string of the molecule is CN(C)[C@@H]1CCN(C(=O)C2CCc3c(sc4nc(Nc5cc6ccnn6cc5Cl)ncc34)C2)C1. The molecule has 2 atom stereocenters. The summed E-state index contributed by atoms with van der Waals surface area (Å²) >= 11 is 8.11. The van der Waals surface area contributed by atoms with Gasteiger partial charge in [0.15, 0.2) is 0 Å². The zero-order chi connectivity index (χ0) is 23.4. The first-order valence-electron chi connectivity index (χ1n) is 11.6. The number of likely N-dealkylation sites (N-methyl/N-ethyl adjacent to an activating group) is 1. The topological polar surface area (TPSA) is 78.7 Å². The molecule has 0 bridgehead atoms. The first-order valence-corrected chi connectivity index (χ1v) is 12.8. The molecular formula is C24H26ClN7OS. The van der Waals surface area contributed by atoms with Crippen LogP contribution in [0.3, 0.4) is 0 Å². The van der Waals surface area contributed by atoms with E-state index in [2.05, 4.69) is 39.3 Å². The second-order valence-corrected chi connectivity index (χ2v) is 10.9. The van der Waals surface area contributed by atoms with Crippen molar-refractivity contribution < 1.29 is 4.79 Å². The number of carbonyl (C=O) groups excluding carboxylic acids is 1. The third kappa shape index (κ3) is 3.81. The molecule has 4 aromatic rings. The average molecular weight is 496 g/mol. The summed E-state index contributed by atoms with van der Waals surface area (Å²) in [4.78, 5) is 29.1. The highest BCUT2D eigenvalue weighted by atomic mass is 35.5. The average Bonchev–Trinajstić information content (AvgIpc) is 3.56. The van der Waals surface area contributed by atoms with Crippen LogP contribution in [0.1, 0.15) is 23.3 Å². The highest BCUT2D eigenvalue weighted by Gasteiger charge is 2.34. The van der Waals surface area contributed by atoms with Crippen LogP contribution in [0.25, 0.3) is 15.7 Å². The molecule has 10 heteroatoms. The summed E-state index contributed by atoms with van der Waals surface area (Å²) in [5, 5.41) is 9.10. The Hall–Kier alpha value is -2.75. The molecule has 1 aliphatic heterocycles. The number of pyridine rings is 1. The Labute approximate surface area is 206 Å². The maximum absolute atomic E-state index is 13.2. The first-order chi connectivity index (χ1) is 16.5. The standard InChI is InChI=1S/C24H26ClN7OS/c1-30(2)16-6-8-31(12-16)23(33)14-3-4-17-18-11-26-24(29-22(18)34-21(17)9-14)28-20-10-15-5-7-27-32(15)13-19(20)25/h5,7,10-11,13-14,16H,3-4,6,8-9,12H2,1-2H3,(H,26,28,29)/t14?,16-/m1/s1. The van der Waals surface area contributed by atoms with E-state index in [4.69, 9.17) is 16.6 Å². The van der Waals surface area contributed by atoms with Crippen molar-refractivity contribution in [3.63, 3.8) is 0 Å². The highest BCUT2D eigenvalue weighted by Crippen LogP contribution is 2.38. The van der Waals surface area contributed by atoms with Crippen LogP contribution >= 0.6 is 22.9 Å². The van der Waals surface area contributed by atoms with E-state index in [1.807, 2.05) is 18.3 Å². The van der Waals surface area contributed by atoms with Crippen molar-refractivity contribution in [2.45, 2.75) is 31.7 Å². The fourth-order valence-corrected chi connectivity index (χ4v) is 6.58. The summed E-state index contributed by atoms with van der Waals surface area (Å²) < 4.78 is 1.73. The number of nitrogens with one attached hydrogen (secondary N) is 1. The van der Waals surface area contributed by atoms with Crippen molar-refractivity contribution in [2.75, 3.05) is 32.5 Å². The van der Waals surface area contributed by atoms with Gasteiger partial charge in [-0.1, -0.05) is 11.6 Å². The molecular weight excluding hydrogens is 470 g/mol. The Morgan fingerprint density at radius 1 is 1.32 bits per heavy atom. The predicted molar refractivity (Wildman–Crippen MR) is 135 cm³/mol. The molecule has 0 saturated carbocycles. The van der Waals surface area contributed by atoms with Crippen molar-refractivity contribution in [3.05, 3.63) is 46.2 Å². The molecule has 4 aromatic heterocycles. The lowest BCUT2D eigenvalue weighted by Gasteiger charge is -2.27. The molecule has 0 radical (unpaired) electrons. The number of thiophene rings is 1. The van der Waals surface area contributed by atoms with E-state index >= 15 is 0 Å². The van der Waals surface area contributed by atoms with Crippen LogP contribution in [-0.2, 0) is 17.6 Å². The maximum atomic E-state index is 13.2. The number of fused-ring (bicyclic) bond motifs is 4. The molecule has 176 valence electrons. The Bertz CT molecular complexity index is 1400. The minimum absolute atomic E-state index is 0.0632. The molecule has 1 unspecified atom stereocenters. The normalized spacial score (nSPS) is 20.4. The largest absolute Gasteiger partial charge is 0.341 e. The van der Waals surface area contributed by atoms with Crippen LogP contribution in [0.2, 0.25) is 5.02 Å². The van der Waals surface area contributed by atoms with Crippen molar-refractivity contribution in [1.29, 1.82) is 0 Å². The molecule has 2 aliphatic rings. The van der Waals surface area contributed by atoms with Gasteiger partial charge in [0, 0.05) is 53.9 Å². The number of aryl methyl sites for hydroxylation is 1. The third-order valence-corrected chi connectivity index (χ3v) is 8.56. The number of rotatable bonds is 4. The smallest absolute Gasteiger partial charge is 0.228 e. The van der Waals surface area contributed by atoms with Crippen molar-refractivity contribution in [2.24, 2.45) is 5.92 Å². The number of likely N-dealkylation sites (tertiary alicyclic amines) is 1. The molecule has 8 nitrogen and oxygen atoms in total. The molecule has 1 saturated heterocycles. The number of hydrogen-bond acceptors (Lipinski definition) is 7. The molecule has 1 fully saturated rings. The van der Waals surface area contributed by atoms with Gasteiger partial charge >= 0.3 is 0 Å². The van der Waals surface area contributed by atoms with E-state index in [1.54, 1.807) is 28.2 Å². The summed E-state index contributed by atoms with van der Waals surface area (Å²) in [6.45, 7) is 1.71. The van der Waals surface area contributed by atoms with E-state index in [0.717, 1.165) is 60.2 Å². The quantitative estimate of drug-likeness (QED) is 0.461. The Morgan fingerprint density at radius 2 is 2.21 bits per heavy atom. The van der Waals surface area contributed by atoms with Gasteiger partial charge < -0.3 is 15.1 Å². The number of hydrogen-bond donors (Lipinski definition) is 1. The van der Waals surface area contributed by atoms with E-state index < -0.39 is 0 Å². The molecule has 0 spiro atoms. The van der Waals surface area contributed by atoms with Crippen molar-refractivity contribution in [1.82, 2.24) is 29.4 Å². The second-order valence-electron chi connectivity index (χ2n) is 9.41. The minimum atomic E-state index is 0.0632. The van der Waals surface area contributed by atoms with Crippen LogP contribution in [0.5, 0.6) is 0 Å². The van der Waals surface area contributed by atoms with Crippen LogP contribution < -0.4 is 5.32 Å². The Balaban J connectivity index is 1.21. The number of amides is 1. The summed E-state index contributed by atoms with van der Waals surface area (Å²) in [7, 11) is 4.19. The van der Waals surface area contributed by atoms with E-state index in [0.29, 0.717) is 22.9 Å². The van der Waals surface area contributed by atoms with Gasteiger partial charge in [-0.05, 0) is 57.5 Å². The lowest BCUT2D eigenvalue weighted by Crippen LogP contribution is -2.39. The van der Waals surface area contributed by atoms with Gasteiger partial charge in [-0.25, -0.2) is 14.5 Å². The molecule has 1 N–H and O–H groups in total. The van der Waals surface area contributed by atoms with Crippen molar-refractivity contribution >= 4 is 56.2 Å². The maximum Gasteiger partial charge on any atom is 0.228 e. The molecule has 0 aromatic carbocycles. The summed E-state index contributed by atoms with van der Waals surface area (Å²) in [6, 6.07) is 4.31. The predicted octanol–water partition coefficient (Wildman–Crippen LogP) is 4.00. The van der Waals surface area contributed by atoms with Crippen LogP contribution in [0, 0.1) is 5.92 Å². The number of nitrogens with zero attached hydrogens (tertiary/aromatic N) is 6. The van der Waals surface area contributed by atoms with Gasteiger partial charge in [0.2, 0.25) is 11.9 Å². The van der Waals surface area contributed by atoms with Crippen LogP contribution in [0.15, 0.2) is 30.7 Å². The van der Waals surface area contributed by atoms with Gasteiger partial charge in [-0.15, -0.1) is 11.3 Å². The monoisotopic (exact) mass is 495 g/mol. The lowest BCUT2D eigenvalue weighted by atomic mass is 9.87. The number of anilines is 2. The van der Waals surface area contributed by atoms with Gasteiger partial charge in [-0.2, -0.15) is 5.10 Å². The molecule has 6 rings (SSSR count). The van der Waals surface area contributed by atoms with Crippen LogP contribution in [0.4, 0.5) is 11.6 Å². The molecule has 34 heavy (non-hydrogen) atoms. The first kappa shape index (κ1) is 21.8. The highest BCUT2D eigenvalue weighted by molar-refractivity contribution is 7.18. The zero-order valence-corrected chi connectivity index (χ0v) is 20.7. The zero-order valence-electron chi connectivity index (χ0n) is 19.2. The summed E-state index contributed by atoms with van der Waals surface area (Å²) in [6.07, 6.45) is 9.04. The van der Waals surface area contributed by atoms with E-state index in [-0.39, 0.29) is 5.92 Å². The fourth-order valence-electron chi connectivity index (χ4n) is 5.11. The third-order valence-electron chi connectivity index (χ3n) is 7.10. The summed E-state index contributed by atoms with van der Waals surface area (Å²) in [5.74, 6) is 0.885. The lowest BCUT2D eigenvalue weighted by molar-refractivity contribution is -0.134. The molecule has 1 aliphatic carbocycles. The fraction of sp³-hybridized carbons (Fsp3) is 0.417. The van der Waals surface area contributed by atoms with Crippen LogP contribution in [-0.4, -0.2) is 68.5 Å². The Morgan fingerprint density at radius 3 is 3.03 bits per heavy atom. The number of halogens is 1. The summed E-state index contributed by atoms with van der Waals surface area (Å²) in [5.41, 5.74) is 2.98. The Kier molecular flexibility index (Phi) is 5.43. The second kappa shape index (κ2) is 8.48. The molecule has 5 heterocycles. The minimum Gasteiger partial charge on any atom is -0.341 e. The van der Waals surface area contributed by atoms with Crippen molar-refractivity contribution in [3.8, 4) is 0 Å². The number of carbonyl (C=O) groups is 1.